The van der Waals surface area contributed by atoms with Gasteiger partial charge in [-0.15, -0.1) is 0 Å². The van der Waals surface area contributed by atoms with E-state index in [4.69, 9.17) is 0 Å². The molecule has 0 saturated carbocycles. The topological polar surface area (TPSA) is 87.4 Å². The highest BCUT2D eigenvalue weighted by molar-refractivity contribution is 5.48. The maximum Gasteiger partial charge on any atom is 0.122 e. The summed E-state index contributed by atoms with van der Waals surface area (Å²) in [7, 11) is 0. The zero-order valence-electron chi connectivity index (χ0n) is 41.1. The Labute approximate surface area is 371 Å². The minimum Gasteiger partial charge on any atom is -0.507 e. The molecule has 336 valence electrons. The molecular formula is C55H82N2O4. The second-order valence-corrected chi connectivity index (χ2v) is 22.4. The molecule has 0 unspecified atom stereocenters. The first-order chi connectivity index (χ1) is 28.1. The highest BCUT2D eigenvalue weighted by atomic mass is 16.3. The summed E-state index contributed by atoms with van der Waals surface area (Å²) in [5.41, 5.74) is 11.9. The molecule has 0 radical (unpaired) electrons. The molecule has 0 aliphatic heterocycles. The van der Waals surface area contributed by atoms with Crippen LogP contribution in [0.2, 0.25) is 0 Å². The third-order valence-corrected chi connectivity index (χ3v) is 12.5. The maximum absolute atomic E-state index is 11.3. The first-order valence-corrected chi connectivity index (χ1v) is 22.8. The summed E-state index contributed by atoms with van der Waals surface area (Å²) in [6.45, 7) is 38.5. The van der Waals surface area contributed by atoms with Crippen molar-refractivity contribution in [1.82, 2.24) is 9.80 Å². The van der Waals surface area contributed by atoms with E-state index in [9.17, 15) is 20.4 Å². The zero-order valence-corrected chi connectivity index (χ0v) is 41.1. The summed E-state index contributed by atoms with van der Waals surface area (Å²) >= 11 is 0. The van der Waals surface area contributed by atoms with Crippen LogP contribution in [0.5, 0.6) is 23.0 Å². The van der Waals surface area contributed by atoms with Gasteiger partial charge in [0.15, 0.2) is 0 Å². The van der Waals surface area contributed by atoms with Gasteiger partial charge in [-0.2, -0.15) is 0 Å². The van der Waals surface area contributed by atoms with Crippen molar-refractivity contribution in [2.45, 2.75) is 191 Å². The molecule has 61 heavy (non-hydrogen) atoms. The summed E-state index contributed by atoms with van der Waals surface area (Å²) in [4.78, 5) is 4.79. The van der Waals surface area contributed by atoms with Crippen molar-refractivity contribution < 1.29 is 20.4 Å². The average Bonchev–Trinajstić information content (AvgIpc) is 3.13. The Kier molecular flexibility index (Phi) is 15.9. The molecule has 0 aromatic heterocycles. The monoisotopic (exact) mass is 835 g/mol. The van der Waals surface area contributed by atoms with E-state index in [2.05, 4.69) is 141 Å². The van der Waals surface area contributed by atoms with Crippen LogP contribution in [-0.2, 0) is 47.8 Å². The van der Waals surface area contributed by atoms with Crippen molar-refractivity contribution in [2.24, 2.45) is 0 Å². The number of unbranched alkanes of at least 4 members (excludes halogenated alkanes) is 4. The molecule has 4 rings (SSSR count). The number of aryl methyl sites for hydroxylation is 4. The molecule has 0 aliphatic carbocycles. The predicted molar refractivity (Wildman–Crippen MR) is 257 cm³/mol. The molecule has 0 atom stereocenters. The number of rotatable bonds is 16. The Hall–Kier alpha value is -4.00. The van der Waals surface area contributed by atoms with Crippen LogP contribution in [0.3, 0.4) is 0 Å². The van der Waals surface area contributed by atoms with Gasteiger partial charge in [-0.05, 0) is 120 Å². The van der Waals surface area contributed by atoms with Gasteiger partial charge in [0, 0.05) is 48.4 Å². The van der Waals surface area contributed by atoms with E-state index in [0.29, 0.717) is 49.2 Å². The van der Waals surface area contributed by atoms with Crippen molar-refractivity contribution >= 4 is 0 Å². The van der Waals surface area contributed by atoms with E-state index in [0.717, 1.165) is 89.7 Å². The summed E-state index contributed by atoms with van der Waals surface area (Å²) in [5.74, 6) is 1.42. The van der Waals surface area contributed by atoms with Gasteiger partial charge in [-0.3, -0.25) is 9.80 Å². The summed E-state index contributed by atoms with van der Waals surface area (Å²) in [5, 5.41) is 45.2. The minimum absolute atomic E-state index is 0.0460. The zero-order chi connectivity index (χ0) is 45.8. The normalized spacial score (nSPS) is 12.9. The van der Waals surface area contributed by atoms with Gasteiger partial charge in [-0.1, -0.05) is 151 Å². The number of hydrogen-bond donors (Lipinski definition) is 4. The summed E-state index contributed by atoms with van der Waals surface area (Å²) in [6, 6.07) is 17.1. The lowest BCUT2D eigenvalue weighted by atomic mass is 9.84. The SMILES string of the molecule is Cc1cc(C(C)(C)C)cc(CN(CCCCCCCN(Cc2cc(C(C)(C)C)cc(C)c2O)Cc2cc(C(C)(C)C)cc(C)c2O)Cc2cc(C(C)(C)C)cc(C)c2O)c1O. The van der Waals surface area contributed by atoms with Gasteiger partial charge in [0.25, 0.3) is 0 Å². The number of nitrogens with zero attached hydrogens (tertiary/aromatic N) is 2. The largest absolute Gasteiger partial charge is 0.507 e. The Morgan fingerprint density at radius 2 is 0.525 bits per heavy atom. The smallest absolute Gasteiger partial charge is 0.122 e. The highest BCUT2D eigenvalue weighted by Crippen LogP contribution is 2.37. The second kappa shape index (κ2) is 19.6. The molecule has 6 nitrogen and oxygen atoms in total. The maximum atomic E-state index is 11.3. The van der Waals surface area contributed by atoms with Crippen LogP contribution in [0.25, 0.3) is 0 Å². The third-order valence-electron chi connectivity index (χ3n) is 12.5. The van der Waals surface area contributed by atoms with E-state index in [-0.39, 0.29) is 21.7 Å². The Morgan fingerprint density at radius 3 is 0.721 bits per heavy atom. The van der Waals surface area contributed by atoms with Crippen LogP contribution in [-0.4, -0.2) is 43.3 Å². The van der Waals surface area contributed by atoms with Crippen molar-refractivity contribution in [3.8, 4) is 23.0 Å². The van der Waals surface area contributed by atoms with Crippen LogP contribution in [0.1, 0.15) is 182 Å². The lowest BCUT2D eigenvalue weighted by molar-refractivity contribution is 0.237. The Morgan fingerprint density at radius 1 is 0.328 bits per heavy atom. The fourth-order valence-corrected chi connectivity index (χ4v) is 8.22. The third kappa shape index (κ3) is 13.5. The van der Waals surface area contributed by atoms with E-state index < -0.39 is 0 Å². The second-order valence-electron chi connectivity index (χ2n) is 22.4. The van der Waals surface area contributed by atoms with Crippen LogP contribution in [0.4, 0.5) is 0 Å². The molecule has 0 fully saturated rings. The molecule has 4 N–H and O–H groups in total. The number of hydrogen-bond acceptors (Lipinski definition) is 6. The van der Waals surface area contributed by atoms with Crippen molar-refractivity contribution in [2.75, 3.05) is 13.1 Å². The molecule has 0 heterocycles. The predicted octanol–water partition coefficient (Wildman–Crippen LogP) is 13.6. The Bertz CT molecular complexity index is 1830. The van der Waals surface area contributed by atoms with Crippen molar-refractivity contribution in [1.29, 1.82) is 0 Å². The minimum atomic E-state index is -0.0460. The fraction of sp³-hybridized carbons (Fsp3) is 0.564. The molecule has 0 aliphatic rings. The van der Waals surface area contributed by atoms with Gasteiger partial charge >= 0.3 is 0 Å². The first kappa shape index (κ1) is 49.7. The molecule has 0 saturated heterocycles. The molecule has 0 amide bonds. The number of phenolic OH excluding ortho intramolecular Hbond substituents is 4. The van der Waals surface area contributed by atoms with E-state index in [1.54, 1.807) is 0 Å². The van der Waals surface area contributed by atoms with Crippen molar-refractivity contribution in [3.05, 3.63) is 115 Å². The molecule has 0 bridgehead atoms. The van der Waals surface area contributed by atoms with Gasteiger partial charge in [0.2, 0.25) is 0 Å². The summed E-state index contributed by atoms with van der Waals surface area (Å²) in [6.07, 6.45) is 5.22. The fourth-order valence-electron chi connectivity index (χ4n) is 8.22. The molecule has 6 heteroatoms. The quantitative estimate of drug-likeness (QED) is 0.0841. The van der Waals surface area contributed by atoms with E-state index >= 15 is 0 Å². The lowest BCUT2D eigenvalue weighted by Crippen LogP contribution is -2.26. The van der Waals surface area contributed by atoms with Crippen LogP contribution < -0.4 is 0 Å². The number of aromatic hydroxyl groups is 4. The molecule has 4 aromatic carbocycles. The van der Waals surface area contributed by atoms with Crippen molar-refractivity contribution in [3.63, 3.8) is 0 Å². The standard InChI is InChI=1S/C55H82N2O4/c1-36-24-44(52(5,6)7)28-40(48(36)58)32-56(33-41-29-45(53(8,9)10)25-37(2)49(41)59)22-20-18-17-19-21-23-57(34-42-30-46(54(11,12)13)26-38(3)50(42)60)35-43-31-47(55(14,15)16)27-39(4)51(43)61/h24-31,58-61H,17-23,32-35H2,1-16H3. The van der Waals surface area contributed by atoms with Crippen LogP contribution >= 0.6 is 0 Å². The highest BCUT2D eigenvalue weighted by Gasteiger charge is 2.24. The number of phenols is 4. The van der Waals surface area contributed by atoms with Gasteiger partial charge in [-0.25, -0.2) is 0 Å². The van der Waals surface area contributed by atoms with Gasteiger partial charge in [0.1, 0.15) is 23.0 Å². The van der Waals surface area contributed by atoms with Gasteiger partial charge in [0.05, 0.1) is 0 Å². The molecule has 4 aromatic rings. The Balaban J connectivity index is 1.52. The molecule has 0 spiro atoms. The first-order valence-electron chi connectivity index (χ1n) is 22.8. The number of benzene rings is 4. The van der Waals surface area contributed by atoms with Crippen LogP contribution in [0, 0.1) is 27.7 Å². The lowest BCUT2D eigenvalue weighted by Gasteiger charge is -2.28. The van der Waals surface area contributed by atoms with E-state index in [1.165, 1.54) is 22.3 Å². The molecular weight excluding hydrogens is 753 g/mol. The van der Waals surface area contributed by atoms with Gasteiger partial charge < -0.3 is 20.4 Å². The summed E-state index contributed by atoms with van der Waals surface area (Å²) < 4.78 is 0. The van der Waals surface area contributed by atoms with E-state index in [1.807, 2.05) is 27.7 Å². The van der Waals surface area contributed by atoms with Crippen LogP contribution in [0.15, 0.2) is 48.5 Å². The average molecular weight is 835 g/mol.